The zero-order valence-corrected chi connectivity index (χ0v) is 10.7. The van der Waals surface area contributed by atoms with Gasteiger partial charge in [0, 0.05) is 16.5 Å². The van der Waals surface area contributed by atoms with E-state index in [1.54, 1.807) is 0 Å². The predicted octanol–water partition coefficient (Wildman–Crippen LogP) is 3.36. The van der Waals surface area contributed by atoms with Crippen LogP contribution in [0.25, 0.3) is 33.2 Å². The lowest BCUT2D eigenvalue weighted by molar-refractivity contribution is 1.11. The van der Waals surface area contributed by atoms with E-state index in [4.69, 9.17) is 5.73 Å². The smallest absolute Gasteiger partial charge is 0.118 e. The third-order valence-electron chi connectivity index (χ3n) is 3.43. The second kappa shape index (κ2) is 4.06. The Hall–Kier alpha value is -2.88. The van der Waals surface area contributed by atoms with Crippen molar-refractivity contribution < 1.29 is 0 Å². The van der Waals surface area contributed by atoms with Crippen molar-refractivity contribution >= 4 is 27.5 Å². The van der Waals surface area contributed by atoms with Gasteiger partial charge in [-0.25, -0.2) is 4.98 Å². The molecule has 4 rings (SSSR count). The summed E-state index contributed by atoms with van der Waals surface area (Å²) in [6.45, 7) is 0. The summed E-state index contributed by atoms with van der Waals surface area (Å²) in [5, 5.41) is 9.50. The fraction of sp³-hybridized carbons (Fsp3) is 0. The van der Waals surface area contributed by atoms with Gasteiger partial charge in [-0.3, -0.25) is 5.10 Å². The summed E-state index contributed by atoms with van der Waals surface area (Å²) in [5.74, 6) is 0. The molecule has 0 unspecified atom stereocenters. The van der Waals surface area contributed by atoms with Gasteiger partial charge in [-0.05, 0) is 30.3 Å². The lowest BCUT2D eigenvalue weighted by Crippen LogP contribution is -1.87. The Bertz CT molecular complexity index is 924. The average molecular weight is 260 g/mol. The molecule has 2 aromatic heterocycles. The van der Waals surface area contributed by atoms with Crippen molar-refractivity contribution in [1.82, 2.24) is 15.2 Å². The van der Waals surface area contributed by atoms with Crippen LogP contribution in [0.4, 0.5) is 5.69 Å². The molecule has 96 valence electrons. The molecule has 2 heterocycles. The second-order valence-electron chi connectivity index (χ2n) is 4.77. The molecule has 3 N–H and O–H groups in total. The van der Waals surface area contributed by atoms with E-state index in [0.29, 0.717) is 0 Å². The Kier molecular flexibility index (Phi) is 2.23. The number of pyridine rings is 1. The van der Waals surface area contributed by atoms with Crippen molar-refractivity contribution in [2.24, 2.45) is 0 Å². The summed E-state index contributed by atoms with van der Waals surface area (Å²) in [4.78, 5) is 4.67. The topological polar surface area (TPSA) is 67.6 Å². The van der Waals surface area contributed by atoms with Crippen molar-refractivity contribution in [2.75, 3.05) is 5.73 Å². The van der Waals surface area contributed by atoms with Gasteiger partial charge in [0.05, 0.1) is 16.7 Å². The van der Waals surface area contributed by atoms with Gasteiger partial charge in [0.1, 0.15) is 5.69 Å². The van der Waals surface area contributed by atoms with E-state index in [-0.39, 0.29) is 0 Å². The van der Waals surface area contributed by atoms with E-state index in [2.05, 4.69) is 21.2 Å². The number of H-pyrrole nitrogens is 1. The third-order valence-corrected chi connectivity index (χ3v) is 3.43. The molecule has 0 radical (unpaired) electrons. The molecule has 0 aliphatic rings. The van der Waals surface area contributed by atoms with Gasteiger partial charge in [-0.15, -0.1) is 0 Å². The summed E-state index contributed by atoms with van der Waals surface area (Å²) in [6, 6.07) is 17.8. The largest absolute Gasteiger partial charge is 0.399 e. The van der Waals surface area contributed by atoms with Crippen LogP contribution in [0.5, 0.6) is 0 Å². The normalized spacial score (nSPS) is 11.2. The third kappa shape index (κ3) is 1.62. The molecule has 0 aliphatic heterocycles. The fourth-order valence-corrected chi connectivity index (χ4v) is 2.42. The Labute approximate surface area is 115 Å². The van der Waals surface area contributed by atoms with Gasteiger partial charge < -0.3 is 5.73 Å². The number of para-hydroxylation sites is 1. The van der Waals surface area contributed by atoms with Gasteiger partial charge in [0.2, 0.25) is 0 Å². The first-order valence-corrected chi connectivity index (χ1v) is 6.41. The molecule has 0 aliphatic carbocycles. The Morgan fingerprint density at radius 2 is 1.85 bits per heavy atom. The first-order chi connectivity index (χ1) is 9.81. The molecular weight excluding hydrogens is 248 g/mol. The maximum Gasteiger partial charge on any atom is 0.118 e. The summed E-state index contributed by atoms with van der Waals surface area (Å²) in [7, 11) is 0. The van der Waals surface area contributed by atoms with Crippen molar-refractivity contribution in [3.8, 4) is 11.4 Å². The summed E-state index contributed by atoms with van der Waals surface area (Å²) < 4.78 is 0. The average Bonchev–Trinajstić information content (AvgIpc) is 2.89. The molecule has 0 saturated heterocycles. The summed E-state index contributed by atoms with van der Waals surface area (Å²) in [5.41, 5.74) is 10.2. The van der Waals surface area contributed by atoms with Crippen LogP contribution < -0.4 is 5.73 Å². The fourth-order valence-electron chi connectivity index (χ4n) is 2.42. The van der Waals surface area contributed by atoms with Crippen LogP contribution >= 0.6 is 0 Å². The number of rotatable bonds is 1. The molecular formula is C16H12N4. The van der Waals surface area contributed by atoms with E-state index >= 15 is 0 Å². The van der Waals surface area contributed by atoms with Crippen molar-refractivity contribution in [2.45, 2.75) is 0 Å². The van der Waals surface area contributed by atoms with Crippen molar-refractivity contribution in [3.63, 3.8) is 0 Å². The molecule has 20 heavy (non-hydrogen) atoms. The van der Waals surface area contributed by atoms with Crippen LogP contribution in [0.15, 0.2) is 54.6 Å². The molecule has 2 aromatic carbocycles. The van der Waals surface area contributed by atoms with E-state index in [0.717, 1.165) is 38.9 Å². The number of anilines is 1. The number of aromatic nitrogens is 3. The molecule has 0 atom stereocenters. The number of hydrogen-bond acceptors (Lipinski definition) is 3. The van der Waals surface area contributed by atoms with Crippen LogP contribution in [-0.2, 0) is 0 Å². The highest BCUT2D eigenvalue weighted by Gasteiger charge is 2.10. The second-order valence-corrected chi connectivity index (χ2v) is 4.77. The first-order valence-electron chi connectivity index (χ1n) is 6.41. The van der Waals surface area contributed by atoms with Crippen LogP contribution in [0.2, 0.25) is 0 Å². The minimum Gasteiger partial charge on any atom is -0.399 e. The highest BCUT2D eigenvalue weighted by molar-refractivity contribution is 5.95. The Morgan fingerprint density at radius 3 is 2.80 bits per heavy atom. The molecule has 0 fully saturated rings. The van der Waals surface area contributed by atoms with Crippen LogP contribution in [0.1, 0.15) is 0 Å². The number of fused-ring (bicyclic) bond motifs is 2. The zero-order valence-electron chi connectivity index (χ0n) is 10.7. The number of benzene rings is 2. The van der Waals surface area contributed by atoms with Gasteiger partial charge in [0.25, 0.3) is 0 Å². The molecule has 0 bridgehead atoms. The predicted molar refractivity (Wildman–Crippen MR) is 81.2 cm³/mol. The van der Waals surface area contributed by atoms with E-state index in [1.807, 2.05) is 48.5 Å². The van der Waals surface area contributed by atoms with Gasteiger partial charge >= 0.3 is 0 Å². The quantitative estimate of drug-likeness (QED) is 0.516. The molecule has 4 heteroatoms. The SMILES string of the molecule is Nc1ccc2[nH]nc(-c3ccc4ccccc4n3)c2c1. The zero-order chi connectivity index (χ0) is 13.5. The number of aromatic amines is 1. The highest BCUT2D eigenvalue weighted by atomic mass is 15.1. The standard InChI is InChI=1S/C16H12N4/c17-11-6-8-14-12(9-11)16(20-19-14)15-7-5-10-3-1-2-4-13(10)18-15/h1-9H,17H2,(H,19,20). The number of nitrogens with one attached hydrogen (secondary N) is 1. The lowest BCUT2D eigenvalue weighted by Gasteiger charge is -2.01. The van der Waals surface area contributed by atoms with Crippen LogP contribution in [-0.4, -0.2) is 15.2 Å². The monoisotopic (exact) mass is 260 g/mol. The highest BCUT2D eigenvalue weighted by Crippen LogP contribution is 2.27. The molecule has 0 spiro atoms. The number of hydrogen-bond donors (Lipinski definition) is 2. The minimum atomic E-state index is 0.723. The summed E-state index contributed by atoms with van der Waals surface area (Å²) >= 11 is 0. The minimum absolute atomic E-state index is 0.723. The number of nitrogens with two attached hydrogens (primary N) is 1. The maximum absolute atomic E-state index is 5.86. The molecule has 4 nitrogen and oxygen atoms in total. The maximum atomic E-state index is 5.86. The van der Waals surface area contributed by atoms with Gasteiger partial charge in [-0.1, -0.05) is 24.3 Å². The lowest BCUT2D eigenvalue weighted by atomic mass is 10.1. The Morgan fingerprint density at radius 1 is 0.950 bits per heavy atom. The van der Waals surface area contributed by atoms with E-state index < -0.39 is 0 Å². The first kappa shape index (κ1) is 11.0. The number of nitrogens with zero attached hydrogens (tertiary/aromatic N) is 2. The van der Waals surface area contributed by atoms with Gasteiger partial charge in [0.15, 0.2) is 0 Å². The number of nitrogen functional groups attached to an aromatic ring is 1. The molecule has 0 saturated carbocycles. The van der Waals surface area contributed by atoms with Crippen molar-refractivity contribution in [1.29, 1.82) is 0 Å². The Balaban J connectivity index is 1.98. The van der Waals surface area contributed by atoms with E-state index in [9.17, 15) is 0 Å². The van der Waals surface area contributed by atoms with Crippen molar-refractivity contribution in [3.05, 3.63) is 54.6 Å². The van der Waals surface area contributed by atoms with E-state index in [1.165, 1.54) is 0 Å². The van der Waals surface area contributed by atoms with Crippen LogP contribution in [0, 0.1) is 0 Å². The van der Waals surface area contributed by atoms with Crippen LogP contribution in [0.3, 0.4) is 0 Å². The molecule has 4 aromatic rings. The summed E-state index contributed by atoms with van der Waals surface area (Å²) in [6.07, 6.45) is 0. The molecule has 0 amide bonds. The van der Waals surface area contributed by atoms with Gasteiger partial charge in [-0.2, -0.15) is 5.10 Å².